The molecule has 1 atom stereocenters. The maximum Gasteiger partial charge on any atom is 0.0703 e. The summed E-state index contributed by atoms with van der Waals surface area (Å²) >= 11 is 0. The van der Waals surface area contributed by atoms with E-state index in [1.165, 1.54) is 28.1 Å². The van der Waals surface area contributed by atoms with Crippen LogP contribution >= 0.6 is 0 Å². The quantitative estimate of drug-likeness (QED) is 0.873. The second-order valence-corrected chi connectivity index (χ2v) is 5.50. The molecule has 2 rings (SSSR count). The van der Waals surface area contributed by atoms with Gasteiger partial charge in [-0.1, -0.05) is 45.0 Å². The third-order valence-electron chi connectivity index (χ3n) is 4.12. The van der Waals surface area contributed by atoms with Crippen LogP contribution in [0, 0.1) is 0 Å². The van der Waals surface area contributed by atoms with Crippen LogP contribution in [0.4, 0.5) is 0 Å². The minimum atomic E-state index is 0.397. The van der Waals surface area contributed by atoms with Gasteiger partial charge < -0.3 is 5.32 Å². The molecule has 1 N–H and O–H groups in total. The SMILES string of the molecule is CCNC(C)c1ccc(-c2c(CC)nn(C)c2CC)cc1. The molecule has 1 unspecified atom stereocenters. The maximum atomic E-state index is 4.67. The lowest BCUT2D eigenvalue weighted by Gasteiger charge is -2.13. The standard InChI is InChI=1S/C18H27N3/c1-6-16-18(17(7-2)21(5)20-16)15-11-9-14(10-12-15)13(4)19-8-3/h9-13,19H,6-8H2,1-5H3. The zero-order chi connectivity index (χ0) is 15.4. The highest BCUT2D eigenvalue weighted by atomic mass is 15.3. The highest BCUT2D eigenvalue weighted by Gasteiger charge is 2.15. The van der Waals surface area contributed by atoms with Gasteiger partial charge in [-0.05, 0) is 37.4 Å². The Morgan fingerprint density at radius 1 is 1.10 bits per heavy atom. The number of aryl methyl sites for hydroxylation is 2. The molecule has 21 heavy (non-hydrogen) atoms. The molecule has 0 saturated carbocycles. The van der Waals surface area contributed by atoms with Gasteiger partial charge in [-0.2, -0.15) is 5.10 Å². The van der Waals surface area contributed by atoms with Gasteiger partial charge in [0.15, 0.2) is 0 Å². The van der Waals surface area contributed by atoms with Crippen LogP contribution in [-0.2, 0) is 19.9 Å². The molecule has 3 heteroatoms. The average molecular weight is 285 g/mol. The molecule has 0 aliphatic rings. The Labute approximate surface area is 128 Å². The lowest BCUT2D eigenvalue weighted by atomic mass is 9.98. The van der Waals surface area contributed by atoms with E-state index in [0.29, 0.717) is 6.04 Å². The zero-order valence-corrected chi connectivity index (χ0v) is 13.9. The predicted octanol–water partition coefficient (Wildman–Crippen LogP) is 3.88. The summed E-state index contributed by atoms with van der Waals surface area (Å²) in [5, 5.41) is 8.12. The summed E-state index contributed by atoms with van der Waals surface area (Å²) in [6.45, 7) is 9.71. The molecule has 1 heterocycles. The number of hydrogen-bond donors (Lipinski definition) is 1. The molecule has 0 aliphatic carbocycles. The minimum Gasteiger partial charge on any atom is -0.310 e. The molecule has 1 aromatic carbocycles. The van der Waals surface area contributed by atoms with Crippen LogP contribution < -0.4 is 5.32 Å². The monoisotopic (exact) mass is 285 g/mol. The van der Waals surface area contributed by atoms with E-state index in [4.69, 9.17) is 0 Å². The molecule has 0 fully saturated rings. The van der Waals surface area contributed by atoms with E-state index in [1.807, 2.05) is 11.7 Å². The Balaban J connectivity index is 2.39. The summed E-state index contributed by atoms with van der Waals surface area (Å²) in [5.41, 5.74) is 6.45. The Bertz CT molecular complexity index is 581. The first-order valence-corrected chi connectivity index (χ1v) is 8.00. The topological polar surface area (TPSA) is 29.9 Å². The van der Waals surface area contributed by atoms with Gasteiger partial charge in [-0.3, -0.25) is 4.68 Å². The molecular weight excluding hydrogens is 258 g/mol. The fourth-order valence-electron chi connectivity index (χ4n) is 2.97. The van der Waals surface area contributed by atoms with Crippen LogP contribution in [-0.4, -0.2) is 16.3 Å². The number of aromatic nitrogens is 2. The Hall–Kier alpha value is -1.61. The second kappa shape index (κ2) is 6.90. The van der Waals surface area contributed by atoms with E-state index in [2.05, 4.69) is 62.4 Å². The maximum absolute atomic E-state index is 4.67. The van der Waals surface area contributed by atoms with Crippen molar-refractivity contribution in [1.82, 2.24) is 15.1 Å². The van der Waals surface area contributed by atoms with Gasteiger partial charge in [0.05, 0.1) is 5.69 Å². The first-order valence-electron chi connectivity index (χ1n) is 8.00. The Morgan fingerprint density at radius 2 is 1.76 bits per heavy atom. The largest absolute Gasteiger partial charge is 0.310 e. The summed E-state index contributed by atoms with van der Waals surface area (Å²) in [6.07, 6.45) is 1.98. The predicted molar refractivity (Wildman–Crippen MR) is 89.5 cm³/mol. The lowest BCUT2D eigenvalue weighted by Crippen LogP contribution is -2.17. The van der Waals surface area contributed by atoms with Crippen molar-refractivity contribution >= 4 is 0 Å². The van der Waals surface area contributed by atoms with Crippen molar-refractivity contribution in [3.63, 3.8) is 0 Å². The Morgan fingerprint density at radius 3 is 2.29 bits per heavy atom. The Kier molecular flexibility index (Phi) is 5.18. The average Bonchev–Trinajstić information content (AvgIpc) is 2.83. The molecule has 2 aromatic rings. The molecule has 0 amide bonds. The van der Waals surface area contributed by atoms with Crippen LogP contribution in [0.3, 0.4) is 0 Å². The van der Waals surface area contributed by atoms with E-state index < -0.39 is 0 Å². The lowest BCUT2D eigenvalue weighted by molar-refractivity contribution is 0.598. The zero-order valence-electron chi connectivity index (χ0n) is 13.9. The van der Waals surface area contributed by atoms with Crippen molar-refractivity contribution in [3.8, 4) is 11.1 Å². The van der Waals surface area contributed by atoms with Crippen LogP contribution in [0.1, 0.15) is 50.7 Å². The number of benzene rings is 1. The van der Waals surface area contributed by atoms with E-state index in [9.17, 15) is 0 Å². The molecule has 1 aromatic heterocycles. The third-order valence-corrected chi connectivity index (χ3v) is 4.12. The third kappa shape index (κ3) is 3.18. The number of nitrogens with one attached hydrogen (secondary N) is 1. The summed E-state index contributed by atoms with van der Waals surface area (Å²) in [5.74, 6) is 0. The summed E-state index contributed by atoms with van der Waals surface area (Å²) in [6, 6.07) is 9.33. The van der Waals surface area contributed by atoms with E-state index in [0.717, 1.165) is 19.4 Å². The first kappa shape index (κ1) is 15.8. The highest BCUT2D eigenvalue weighted by Crippen LogP contribution is 2.29. The van der Waals surface area contributed by atoms with Gasteiger partial charge in [-0.25, -0.2) is 0 Å². The van der Waals surface area contributed by atoms with Gasteiger partial charge >= 0.3 is 0 Å². The smallest absolute Gasteiger partial charge is 0.0703 e. The molecule has 0 saturated heterocycles. The van der Waals surface area contributed by atoms with E-state index in [-0.39, 0.29) is 0 Å². The first-order chi connectivity index (χ1) is 10.1. The molecule has 0 radical (unpaired) electrons. The van der Waals surface area contributed by atoms with Crippen molar-refractivity contribution in [2.45, 2.75) is 46.6 Å². The normalized spacial score (nSPS) is 12.6. The number of rotatable bonds is 6. The van der Waals surface area contributed by atoms with Crippen molar-refractivity contribution in [1.29, 1.82) is 0 Å². The molecule has 0 bridgehead atoms. The number of hydrogen-bond acceptors (Lipinski definition) is 2. The molecule has 3 nitrogen and oxygen atoms in total. The minimum absolute atomic E-state index is 0.397. The van der Waals surface area contributed by atoms with Crippen molar-refractivity contribution in [2.24, 2.45) is 7.05 Å². The van der Waals surface area contributed by atoms with Gasteiger partial charge in [-0.15, -0.1) is 0 Å². The van der Waals surface area contributed by atoms with Crippen LogP contribution in [0.25, 0.3) is 11.1 Å². The molecule has 0 aliphatic heterocycles. The van der Waals surface area contributed by atoms with Crippen molar-refractivity contribution in [3.05, 3.63) is 41.2 Å². The highest BCUT2D eigenvalue weighted by molar-refractivity contribution is 5.69. The molecular formula is C18H27N3. The fraction of sp³-hybridized carbons (Fsp3) is 0.500. The molecule has 114 valence electrons. The summed E-state index contributed by atoms with van der Waals surface area (Å²) < 4.78 is 2.03. The summed E-state index contributed by atoms with van der Waals surface area (Å²) in [4.78, 5) is 0. The van der Waals surface area contributed by atoms with Crippen LogP contribution in [0.2, 0.25) is 0 Å². The van der Waals surface area contributed by atoms with Crippen molar-refractivity contribution < 1.29 is 0 Å². The van der Waals surface area contributed by atoms with Crippen LogP contribution in [0.15, 0.2) is 24.3 Å². The van der Waals surface area contributed by atoms with Crippen molar-refractivity contribution in [2.75, 3.05) is 6.54 Å². The van der Waals surface area contributed by atoms with Crippen LogP contribution in [0.5, 0.6) is 0 Å². The number of nitrogens with zero attached hydrogens (tertiary/aromatic N) is 2. The summed E-state index contributed by atoms with van der Waals surface area (Å²) in [7, 11) is 2.04. The molecule has 0 spiro atoms. The van der Waals surface area contributed by atoms with Gasteiger partial charge in [0.2, 0.25) is 0 Å². The van der Waals surface area contributed by atoms with E-state index in [1.54, 1.807) is 0 Å². The van der Waals surface area contributed by atoms with E-state index >= 15 is 0 Å². The van der Waals surface area contributed by atoms with Gasteiger partial charge in [0, 0.05) is 24.3 Å². The van der Waals surface area contributed by atoms with Gasteiger partial charge in [0.1, 0.15) is 0 Å². The second-order valence-electron chi connectivity index (χ2n) is 5.50. The van der Waals surface area contributed by atoms with Gasteiger partial charge in [0.25, 0.3) is 0 Å². The fourth-order valence-corrected chi connectivity index (χ4v) is 2.97.